The number of carbonyl (C=O) groups is 2. The smallest absolute Gasteiger partial charge is 0.295 e. The van der Waals surface area contributed by atoms with E-state index in [1.54, 1.807) is 49.6 Å². The Morgan fingerprint density at radius 3 is 2.28 bits per heavy atom. The average molecular weight is 497 g/mol. The number of amides is 1. The molecular weight excluding hydrogens is 460 g/mol. The van der Waals surface area contributed by atoms with E-state index in [0.29, 0.717) is 53.9 Å². The zero-order valence-electron chi connectivity index (χ0n) is 21.9. The van der Waals surface area contributed by atoms with Gasteiger partial charge in [-0.2, -0.15) is 0 Å². The number of aliphatic hydroxyl groups excluding tert-OH is 1. The largest absolute Gasteiger partial charge is 0.507 e. The minimum atomic E-state index is -0.760. The van der Waals surface area contributed by atoms with Gasteiger partial charge in [0.1, 0.15) is 11.5 Å². The quantitative estimate of drug-likeness (QED) is 0.285. The maximum absolute atomic E-state index is 13.2. The molecule has 2 aromatic rings. The second-order valence-electron chi connectivity index (χ2n) is 9.49. The molecule has 0 radical (unpaired) electrons. The molecule has 0 aromatic heterocycles. The van der Waals surface area contributed by atoms with Gasteiger partial charge in [-0.25, -0.2) is 0 Å². The molecule has 0 aliphatic carbocycles. The predicted molar refractivity (Wildman–Crippen MR) is 139 cm³/mol. The van der Waals surface area contributed by atoms with Crippen LogP contribution in [0.3, 0.4) is 0 Å². The molecule has 36 heavy (non-hydrogen) atoms. The van der Waals surface area contributed by atoms with E-state index >= 15 is 0 Å². The van der Waals surface area contributed by atoms with Gasteiger partial charge in [0.25, 0.3) is 11.7 Å². The van der Waals surface area contributed by atoms with E-state index in [-0.39, 0.29) is 11.3 Å². The van der Waals surface area contributed by atoms with Crippen molar-refractivity contribution in [2.45, 2.75) is 26.3 Å². The summed E-state index contributed by atoms with van der Waals surface area (Å²) in [5.74, 6) is 0.482. The number of benzene rings is 2. The highest BCUT2D eigenvalue weighted by Crippen LogP contribution is 2.42. The van der Waals surface area contributed by atoms with E-state index in [9.17, 15) is 14.7 Å². The van der Waals surface area contributed by atoms with Crippen LogP contribution in [0.25, 0.3) is 5.76 Å². The Bertz CT molecular complexity index is 1110. The number of carbonyl (C=O) groups excluding carboxylic acids is 2. The van der Waals surface area contributed by atoms with Crippen molar-refractivity contribution < 1.29 is 28.9 Å². The van der Waals surface area contributed by atoms with Gasteiger partial charge in [-0.1, -0.05) is 19.9 Å². The SMILES string of the molecule is COc1ccc([C@@H]2C(=C(O)c3ccc(OCC(C)C)cc3)C(=O)C(=O)N2CCCN(C)C)cc1OC. The zero-order chi connectivity index (χ0) is 26.4. The Morgan fingerprint density at radius 2 is 1.69 bits per heavy atom. The molecule has 0 spiro atoms. The molecule has 1 heterocycles. The van der Waals surface area contributed by atoms with Gasteiger partial charge in [0.15, 0.2) is 11.5 Å². The first-order valence-electron chi connectivity index (χ1n) is 12.1. The molecule has 1 amide bonds. The Balaban J connectivity index is 2.06. The van der Waals surface area contributed by atoms with Crippen LogP contribution in [0, 0.1) is 5.92 Å². The molecular formula is C28H36N2O6. The third-order valence-corrected chi connectivity index (χ3v) is 5.98. The number of Topliss-reactive ketones (excluding diaryl/α,β-unsaturated/α-hetero) is 1. The Labute approximate surface area is 213 Å². The third-order valence-electron chi connectivity index (χ3n) is 5.98. The lowest BCUT2D eigenvalue weighted by molar-refractivity contribution is -0.139. The van der Waals surface area contributed by atoms with Crippen LogP contribution in [0.15, 0.2) is 48.0 Å². The summed E-state index contributed by atoms with van der Waals surface area (Å²) in [6, 6.07) is 11.4. The number of ether oxygens (including phenoxy) is 3. The third kappa shape index (κ3) is 5.99. The maximum atomic E-state index is 13.2. The predicted octanol–water partition coefficient (Wildman–Crippen LogP) is 4.11. The molecule has 1 saturated heterocycles. The normalized spacial score (nSPS) is 17.2. The van der Waals surface area contributed by atoms with Crippen LogP contribution in [-0.4, -0.2) is 74.6 Å². The average Bonchev–Trinajstić information content (AvgIpc) is 3.11. The van der Waals surface area contributed by atoms with Crippen LogP contribution in [0.2, 0.25) is 0 Å². The molecule has 0 bridgehead atoms. The summed E-state index contributed by atoms with van der Waals surface area (Å²) in [5.41, 5.74) is 1.13. The van der Waals surface area contributed by atoms with Gasteiger partial charge in [-0.3, -0.25) is 9.59 Å². The van der Waals surface area contributed by atoms with E-state index in [0.717, 1.165) is 6.54 Å². The minimum Gasteiger partial charge on any atom is -0.507 e. The highest BCUT2D eigenvalue weighted by molar-refractivity contribution is 6.46. The first-order valence-corrected chi connectivity index (χ1v) is 12.1. The van der Waals surface area contributed by atoms with E-state index in [2.05, 4.69) is 13.8 Å². The summed E-state index contributed by atoms with van der Waals surface area (Å²) < 4.78 is 16.5. The van der Waals surface area contributed by atoms with Gasteiger partial charge < -0.3 is 29.1 Å². The molecule has 1 aliphatic rings. The minimum absolute atomic E-state index is 0.0490. The first-order chi connectivity index (χ1) is 17.2. The molecule has 2 aromatic carbocycles. The van der Waals surface area contributed by atoms with Crippen molar-refractivity contribution in [2.75, 3.05) is 48.0 Å². The number of nitrogens with zero attached hydrogens (tertiary/aromatic N) is 2. The standard InChI is InChI=1S/C28H36N2O6/c1-18(2)17-36-21-11-8-19(9-12-21)26(31)24-25(20-10-13-22(34-5)23(16-20)35-6)30(28(33)27(24)32)15-7-14-29(3)4/h8-13,16,18,25,31H,7,14-15,17H2,1-6H3/t25-/m1/s1. The summed E-state index contributed by atoms with van der Waals surface area (Å²) in [6.45, 7) is 5.81. The van der Waals surface area contributed by atoms with Crippen molar-refractivity contribution in [3.05, 3.63) is 59.2 Å². The first kappa shape index (κ1) is 27.1. The number of aliphatic hydroxyl groups is 1. The molecule has 3 rings (SSSR count). The van der Waals surface area contributed by atoms with Crippen LogP contribution in [0.4, 0.5) is 0 Å². The number of hydrogen-bond donors (Lipinski definition) is 1. The summed E-state index contributed by atoms with van der Waals surface area (Å²) >= 11 is 0. The van der Waals surface area contributed by atoms with E-state index in [4.69, 9.17) is 14.2 Å². The molecule has 8 nitrogen and oxygen atoms in total. The van der Waals surface area contributed by atoms with Gasteiger partial charge >= 0.3 is 0 Å². The summed E-state index contributed by atoms with van der Waals surface area (Å²) in [5, 5.41) is 11.3. The van der Waals surface area contributed by atoms with E-state index < -0.39 is 17.7 Å². The van der Waals surface area contributed by atoms with Gasteiger partial charge in [0, 0.05) is 12.1 Å². The Hall–Kier alpha value is -3.52. The fourth-order valence-corrected chi connectivity index (χ4v) is 4.16. The molecule has 1 N–H and O–H groups in total. The maximum Gasteiger partial charge on any atom is 0.295 e. The Kier molecular flexibility index (Phi) is 8.98. The highest BCUT2D eigenvalue weighted by atomic mass is 16.5. The van der Waals surface area contributed by atoms with Crippen LogP contribution in [0.5, 0.6) is 17.2 Å². The van der Waals surface area contributed by atoms with Crippen molar-refractivity contribution >= 4 is 17.4 Å². The Morgan fingerprint density at radius 1 is 1.03 bits per heavy atom. The molecule has 0 unspecified atom stereocenters. The number of likely N-dealkylation sites (tertiary alicyclic amines) is 1. The fraction of sp³-hybridized carbons (Fsp3) is 0.429. The second-order valence-corrected chi connectivity index (χ2v) is 9.49. The van der Waals surface area contributed by atoms with Gasteiger partial charge in [0.05, 0.1) is 32.4 Å². The van der Waals surface area contributed by atoms with Crippen LogP contribution in [0.1, 0.15) is 37.4 Å². The van der Waals surface area contributed by atoms with Crippen molar-refractivity contribution in [3.63, 3.8) is 0 Å². The van der Waals surface area contributed by atoms with Crippen molar-refractivity contribution in [2.24, 2.45) is 5.92 Å². The molecule has 0 saturated carbocycles. The van der Waals surface area contributed by atoms with Crippen LogP contribution >= 0.6 is 0 Å². The van der Waals surface area contributed by atoms with Gasteiger partial charge in [0.2, 0.25) is 0 Å². The highest BCUT2D eigenvalue weighted by Gasteiger charge is 2.46. The topological polar surface area (TPSA) is 88.5 Å². The lowest BCUT2D eigenvalue weighted by atomic mass is 9.95. The van der Waals surface area contributed by atoms with Crippen LogP contribution in [-0.2, 0) is 9.59 Å². The monoisotopic (exact) mass is 496 g/mol. The van der Waals surface area contributed by atoms with E-state index in [1.807, 2.05) is 19.0 Å². The fourth-order valence-electron chi connectivity index (χ4n) is 4.16. The van der Waals surface area contributed by atoms with Gasteiger partial charge in [-0.15, -0.1) is 0 Å². The van der Waals surface area contributed by atoms with Gasteiger partial charge in [-0.05, 0) is 74.9 Å². The van der Waals surface area contributed by atoms with Crippen molar-refractivity contribution in [1.82, 2.24) is 9.80 Å². The molecule has 1 atom stereocenters. The summed E-state index contributed by atoms with van der Waals surface area (Å²) in [6.07, 6.45) is 0.672. The summed E-state index contributed by atoms with van der Waals surface area (Å²) in [7, 11) is 6.97. The van der Waals surface area contributed by atoms with Crippen molar-refractivity contribution in [1.29, 1.82) is 0 Å². The zero-order valence-corrected chi connectivity index (χ0v) is 21.9. The summed E-state index contributed by atoms with van der Waals surface area (Å²) in [4.78, 5) is 29.9. The lowest BCUT2D eigenvalue weighted by Crippen LogP contribution is -2.32. The molecule has 194 valence electrons. The number of hydrogen-bond acceptors (Lipinski definition) is 7. The molecule has 8 heteroatoms. The molecule has 1 aliphatic heterocycles. The number of ketones is 1. The molecule has 1 fully saturated rings. The number of methoxy groups -OCH3 is 2. The van der Waals surface area contributed by atoms with Crippen molar-refractivity contribution in [3.8, 4) is 17.2 Å². The number of rotatable bonds is 11. The second kappa shape index (κ2) is 11.9. The lowest BCUT2D eigenvalue weighted by Gasteiger charge is -2.26. The van der Waals surface area contributed by atoms with E-state index in [1.165, 1.54) is 12.0 Å². The van der Waals surface area contributed by atoms with Crippen LogP contribution < -0.4 is 14.2 Å².